The standard InChI is InChI=1S/C33H27N/c1-33(2)29-15-7-6-14-28(29)32-30(33)16-9-17-31(32)34-27-13-8-12-26(22-27)25-20-18-24(19-21-25)23-10-4-3-5-11-23/h3-22,34H,1-2H3. The molecule has 0 amide bonds. The maximum absolute atomic E-state index is 3.73. The summed E-state index contributed by atoms with van der Waals surface area (Å²) in [6.07, 6.45) is 0. The number of benzene rings is 5. The SMILES string of the molecule is CC1(C)c2ccccc2-c2c(Nc3cccc(-c4ccc(-c5ccccc5)cc4)c3)cccc21. The maximum Gasteiger partial charge on any atom is 0.0467 e. The predicted molar refractivity (Wildman–Crippen MR) is 145 cm³/mol. The summed E-state index contributed by atoms with van der Waals surface area (Å²) >= 11 is 0. The van der Waals surface area contributed by atoms with Gasteiger partial charge in [0.15, 0.2) is 0 Å². The van der Waals surface area contributed by atoms with Crippen molar-refractivity contribution in [2.45, 2.75) is 19.3 Å². The van der Waals surface area contributed by atoms with Crippen LogP contribution in [0.1, 0.15) is 25.0 Å². The van der Waals surface area contributed by atoms with Gasteiger partial charge in [-0.15, -0.1) is 0 Å². The lowest BCUT2D eigenvalue weighted by atomic mass is 9.82. The van der Waals surface area contributed by atoms with Crippen molar-refractivity contribution in [3.8, 4) is 33.4 Å². The van der Waals surface area contributed by atoms with Crippen LogP contribution < -0.4 is 5.32 Å². The number of fused-ring (bicyclic) bond motifs is 3. The van der Waals surface area contributed by atoms with Crippen molar-refractivity contribution in [2.75, 3.05) is 5.32 Å². The molecule has 164 valence electrons. The summed E-state index contributed by atoms with van der Waals surface area (Å²) in [6, 6.07) is 43.5. The normalized spacial score (nSPS) is 13.2. The van der Waals surface area contributed by atoms with E-state index in [1.807, 2.05) is 0 Å². The molecule has 1 aliphatic rings. The molecule has 1 nitrogen and oxygen atoms in total. The van der Waals surface area contributed by atoms with Crippen LogP contribution in [0.3, 0.4) is 0 Å². The molecule has 34 heavy (non-hydrogen) atoms. The zero-order valence-corrected chi connectivity index (χ0v) is 19.5. The molecule has 0 fully saturated rings. The topological polar surface area (TPSA) is 12.0 Å². The van der Waals surface area contributed by atoms with E-state index in [2.05, 4.69) is 140 Å². The molecule has 6 rings (SSSR count). The minimum absolute atomic E-state index is 0.00592. The average Bonchev–Trinajstić information content (AvgIpc) is 3.13. The third-order valence-electron chi connectivity index (χ3n) is 7.07. The van der Waals surface area contributed by atoms with E-state index in [-0.39, 0.29) is 5.41 Å². The molecule has 0 radical (unpaired) electrons. The van der Waals surface area contributed by atoms with E-state index in [0.29, 0.717) is 0 Å². The van der Waals surface area contributed by atoms with Gasteiger partial charge < -0.3 is 5.32 Å². The molecule has 0 saturated carbocycles. The van der Waals surface area contributed by atoms with Crippen LogP contribution in [0.25, 0.3) is 33.4 Å². The van der Waals surface area contributed by atoms with Gasteiger partial charge in [-0.1, -0.05) is 117 Å². The molecule has 0 atom stereocenters. The minimum atomic E-state index is 0.00592. The third kappa shape index (κ3) is 3.41. The molecule has 1 heteroatoms. The Morgan fingerprint density at radius 2 is 1.09 bits per heavy atom. The molecule has 5 aromatic rings. The summed E-state index contributed by atoms with van der Waals surface area (Å²) in [4.78, 5) is 0. The first-order valence-electron chi connectivity index (χ1n) is 11.9. The number of hydrogen-bond donors (Lipinski definition) is 1. The summed E-state index contributed by atoms with van der Waals surface area (Å²) in [5.74, 6) is 0. The second-order valence-electron chi connectivity index (χ2n) is 9.55. The van der Waals surface area contributed by atoms with E-state index >= 15 is 0 Å². The largest absolute Gasteiger partial charge is 0.355 e. The highest BCUT2D eigenvalue weighted by molar-refractivity contribution is 5.91. The van der Waals surface area contributed by atoms with Gasteiger partial charge >= 0.3 is 0 Å². The van der Waals surface area contributed by atoms with E-state index in [1.54, 1.807) is 0 Å². The van der Waals surface area contributed by atoms with Gasteiger partial charge in [-0.05, 0) is 57.1 Å². The van der Waals surface area contributed by atoms with Gasteiger partial charge in [0.25, 0.3) is 0 Å². The summed E-state index contributed by atoms with van der Waals surface area (Å²) < 4.78 is 0. The van der Waals surface area contributed by atoms with Gasteiger partial charge in [0, 0.05) is 22.4 Å². The summed E-state index contributed by atoms with van der Waals surface area (Å²) in [7, 11) is 0. The molecule has 0 heterocycles. The monoisotopic (exact) mass is 437 g/mol. The molecular formula is C33H27N. The Morgan fingerprint density at radius 3 is 1.88 bits per heavy atom. The molecule has 0 bridgehead atoms. The van der Waals surface area contributed by atoms with Crippen LogP contribution in [0.5, 0.6) is 0 Å². The fourth-order valence-electron chi connectivity index (χ4n) is 5.28. The van der Waals surface area contributed by atoms with Gasteiger partial charge in [0.1, 0.15) is 0 Å². The smallest absolute Gasteiger partial charge is 0.0467 e. The number of hydrogen-bond acceptors (Lipinski definition) is 1. The second-order valence-corrected chi connectivity index (χ2v) is 9.55. The Labute approximate surface area is 201 Å². The molecule has 0 spiro atoms. The van der Waals surface area contributed by atoms with Gasteiger partial charge in [-0.25, -0.2) is 0 Å². The lowest BCUT2D eigenvalue weighted by Gasteiger charge is -2.21. The molecule has 1 aliphatic carbocycles. The molecular weight excluding hydrogens is 410 g/mol. The maximum atomic E-state index is 3.73. The molecule has 1 N–H and O–H groups in total. The lowest BCUT2D eigenvalue weighted by molar-refractivity contribution is 0.660. The third-order valence-corrected chi connectivity index (χ3v) is 7.07. The highest BCUT2D eigenvalue weighted by atomic mass is 14.9. The van der Waals surface area contributed by atoms with Crippen LogP contribution in [0.2, 0.25) is 0 Å². The fraction of sp³-hybridized carbons (Fsp3) is 0.0909. The number of anilines is 2. The Bertz CT molecular complexity index is 1480. The van der Waals surface area contributed by atoms with Crippen molar-refractivity contribution < 1.29 is 0 Å². The first kappa shape index (κ1) is 20.5. The first-order chi connectivity index (χ1) is 16.6. The Hall–Kier alpha value is -4.10. The highest BCUT2D eigenvalue weighted by Gasteiger charge is 2.36. The lowest BCUT2D eigenvalue weighted by Crippen LogP contribution is -2.14. The van der Waals surface area contributed by atoms with Gasteiger partial charge in [0.2, 0.25) is 0 Å². The van der Waals surface area contributed by atoms with Gasteiger partial charge in [-0.3, -0.25) is 0 Å². The minimum Gasteiger partial charge on any atom is -0.355 e. The molecule has 0 unspecified atom stereocenters. The summed E-state index contributed by atoms with van der Waals surface area (Å²) in [6.45, 7) is 4.64. The van der Waals surface area contributed by atoms with Crippen LogP contribution in [-0.2, 0) is 5.41 Å². The zero-order chi connectivity index (χ0) is 23.1. The van der Waals surface area contributed by atoms with Crippen molar-refractivity contribution in [1.29, 1.82) is 0 Å². The van der Waals surface area contributed by atoms with E-state index < -0.39 is 0 Å². The van der Waals surface area contributed by atoms with E-state index in [1.165, 1.54) is 44.5 Å². The zero-order valence-electron chi connectivity index (χ0n) is 19.5. The second kappa shape index (κ2) is 8.04. The van der Waals surface area contributed by atoms with Gasteiger partial charge in [-0.2, -0.15) is 0 Å². The average molecular weight is 438 g/mol. The molecule has 5 aromatic carbocycles. The molecule has 0 saturated heterocycles. The Kier molecular flexibility index (Phi) is 4.85. The van der Waals surface area contributed by atoms with E-state index in [4.69, 9.17) is 0 Å². The van der Waals surface area contributed by atoms with E-state index in [9.17, 15) is 0 Å². The van der Waals surface area contributed by atoms with Crippen molar-refractivity contribution in [2.24, 2.45) is 0 Å². The summed E-state index contributed by atoms with van der Waals surface area (Å²) in [5, 5.41) is 3.73. The van der Waals surface area contributed by atoms with Crippen LogP contribution in [-0.4, -0.2) is 0 Å². The molecule has 0 aliphatic heterocycles. The van der Waals surface area contributed by atoms with Crippen LogP contribution >= 0.6 is 0 Å². The number of rotatable bonds is 4. The Morgan fingerprint density at radius 1 is 0.500 bits per heavy atom. The quantitative estimate of drug-likeness (QED) is 0.296. The van der Waals surface area contributed by atoms with Crippen LogP contribution in [0, 0.1) is 0 Å². The fourth-order valence-corrected chi connectivity index (χ4v) is 5.28. The molecule has 0 aromatic heterocycles. The van der Waals surface area contributed by atoms with Crippen molar-refractivity contribution in [3.05, 3.63) is 132 Å². The first-order valence-corrected chi connectivity index (χ1v) is 11.9. The van der Waals surface area contributed by atoms with E-state index in [0.717, 1.165) is 11.4 Å². The van der Waals surface area contributed by atoms with Crippen LogP contribution in [0.15, 0.2) is 121 Å². The van der Waals surface area contributed by atoms with Crippen LogP contribution in [0.4, 0.5) is 11.4 Å². The summed E-state index contributed by atoms with van der Waals surface area (Å²) in [5.41, 5.74) is 12.6. The highest BCUT2D eigenvalue weighted by Crippen LogP contribution is 2.51. The van der Waals surface area contributed by atoms with Crippen molar-refractivity contribution >= 4 is 11.4 Å². The van der Waals surface area contributed by atoms with Crippen molar-refractivity contribution in [1.82, 2.24) is 0 Å². The Balaban J connectivity index is 1.34. The predicted octanol–water partition coefficient (Wildman–Crippen LogP) is 9.07. The number of nitrogens with one attached hydrogen (secondary N) is 1. The van der Waals surface area contributed by atoms with Crippen molar-refractivity contribution in [3.63, 3.8) is 0 Å². The van der Waals surface area contributed by atoms with Gasteiger partial charge in [0.05, 0.1) is 0 Å².